The Bertz CT molecular complexity index is 127. The van der Waals surface area contributed by atoms with Gasteiger partial charge in [-0.3, -0.25) is 0 Å². The Morgan fingerprint density at radius 1 is 1.25 bits per heavy atom. The molecule has 1 heterocycles. The molecule has 0 radical (unpaired) electrons. The van der Waals surface area contributed by atoms with Gasteiger partial charge in [0.25, 0.3) is 0 Å². The molecule has 1 fully saturated rings. The van der Waals surface area contributed by atoms with E-state index in [0.717, 1.165) is 12.1 Å². The van der Waals surface area contributed by atoms with Gasteiger partial charge in [-0.15, -0.1) is 0 Å². The standard InChI is InChI=1S/C10H23NSi/c1-5-10(4)11(9(2)3)12-7-6-8-12/h9-10,12H,5-8H2,1-4H3. The Morgan fingerprint density at radius 2 is 1.83 bits per heavy atom. The predicted octanol–water partition coefficient (Wildman–Crippen LogP) is 2.62. The summed E-state index contributed by atoms with van der Waals surface area (Å²) in [6, 6.07) is 4.77. The second-order valence-electron chi connectivity index (χ2n) is 4.38. The van der Waals surface area contributed by atoms with Crippen molar-refractivity contribution in [1.82, 2.24) is 4.57 Å². The molecular formula is C10H23NSi. The van der Waals surface area contributed by atoms with E-state index >= 15 is 0 Å². The van der Waals surface area contributed by atoms with E-state index < -0.39 is 8.96 Å². The fourth-order valence-electron chi connectivity index (χ4n) is 2.19. The first-order valence-corrected chi connectivity index (χ1v) is 7.59. The van der Waals surface area contributed by atoms with Crippen LogP contribution in [-0.4, -0.2) is 25.6 Å². The van der Waals surface area contributed by atoms with Crippen LogP contribution in [0.2, 0.25) is 12.1 Å². The Kier molecular flexibility index (Phi) is 3.78. The van der Waals surface area contributed by atoms with Gasteiger partial charge in [-0.25, -0.2) is 0 Å². The van der Waals surface area contributed by atoms with Crippen LogP contribution >= 0.6 is 0 Å². The van der Waals surface area contributed by atoms with E-state index in [9.17, 15) is 0 Å². The third kappa shape index (κ3) is 2.11. The van der Waals surface area contributed by atoms with Crippen LogP contribution in [0.4, 0.5) is 0 Å². The lowest BCUT2D eigenvalue weighted by Gasteiger charge is -2.43. The van der Waals surface area contributed by atoms with Gasteiger partial charge in [0.2, 0.25) is 0 Å². The molecule has 0 aromatic carbocycles. The highest BCUT2D eigenvalue weighted by molar-refractivity contribution is 6.58. The molecule has 12 heavy (non-hydrogen) atoms. The molecule has 1 aliphatic heterocycles. The summed E-state index contributed by atoms with van der Waals surface area (Å²) < 4.78 is 2.84. The number of rotatable bonds is 4. The lowest BCUT2D eigenvalue weighted by atomic mass is 10.2. The fourth-order valence-corrected chi connectivity index (χ4v) is 5.33. The maximum atomic E-state index is 2.84. The van der Waals surface area contributed by atoms with Gasteiger partial charge in [-0.05, 0) is 24.6 Å². The zero-order chi connectivity index (χ0) is 9.14. The van der Waals surface area contributed by atoms with Crippen LogP contribution in [0, 0.1) is 0 Å². The highest BCUT2D eigenvalue weighted by Crippen LogP contribution is 2.27. The largest absolute Gasteiger partial charge is 0.322 e. The zero-order valence-corrected chi connectivity index (χ0v) is 10.2. The number of nitrogens with zero attached hydrogens (tertiary/aromatic N) is 1. The van der Waals surface area contributed by atoms with Crippen molar-refractivity contribution < 1.29 is 0 Å². The van der Waals surface area contributed by atoms with Crippen LogP contribution in [0.3, 0.4) is 0 Å². The molecule has 1 rings (SSSR count). The summed E-state index contributed by atoms with van der Waals surface area (Å²) in [7, 11) is -0.416. The van der Waals surface area contributed by atoms with Crippen LogP contribution in [-0.2, 0) is 0 Å². The zero-order valence-electron chi connectivity index (χ0n) is 9.01. The van der Waals surface area contributed by atoms with E-state index in [1.165, 1.54) is 12.8 Å². The van der Waals surface area contributed by atoms with E-state index in [2.05, 4.69) is 32.3 Å². The minimum absolute atomic E-state index is 0.416. The molecule has 0 aromatic heterocycles. The van der Waals surface area contributed by atoms with Crippen molar-refractivity contribution in [3.8, 4) is 0 Å². The van der Waals surface area contributed by atoms with E-state index in [1.807, 2.05) is 0 Å². The highest BCUT2D eigenvalue weighted by Gasteiger charge is 2.30. The molecular weight excluding hydrogens is 162 g/mol. The predicted molar refractivity (Wildman–Crippen MR) is 58.1 cm³/mol. The average Bonchev–Trinajstić information content (AvgIpc) is 1.94. The van der Waals surface area contributed by atoms with Gasteiger partial charge in [0.1, 0.15) is 8.96 Å². The third-order valence-corrected chi connectivity index (χ3v) is 7.29. The second-order valence-corrected chi connectivity index (χ2v) is 7.44. The SMILES string of the molecule is CCC(C)N(C(C)C)[SiH]1CCC1. The lowest BCUT2D eigenvalue weighted by molar-refractivity contribution is 0.272. The van der Waals surface area contributed by atoms with Crippen molar-refractivity contribution in [2.75, 3.05) is 0 Å². The first kappa shape index (κ1) is 10.3. The fraction of sp³-hybridized carbons (Fsp3) is 1.00. The van der Waals surface area contributed by atoms with Gasteiger partial charge in [-0.2, -0.15) is 0 Å². The van der Waals surface area contributed by atoms with Gasteiger partial charge in [-0.1, -0.05) is 34.1 Å². The number of hydrogen-bond donors (Lipinski definition) is 0. The van der Waals surface area contributed by atoms with E-state index in [0.29, 0.717) is 0 Å². The summed E-state index contributed by atoms with van der Waals surface area (Å²) >= 11 is 0. The van der Waals surface area contributed by atoms with Gasteiger partial charge < -0.3 is 4.57 Å². The third-order valence-electron chi connectivity index (χ3n) is 3.19. The molecule has 72 valence electrons. The maximum absolute atomic E-state index is 2.84. The summed E-state index contributed by atoms with van der Waals surface area (Å²) in [6.07, 6.45) is 2.83. The molecule has 1 saturated heterocycles. The minimum atomic E-state index is -0.416. The average molecular weight is 185 g/mol. The van der Waals surface area contributed by atoms with Crippen molar-refractivity contribution in [1.29, 1.82) is 0 Å². The summed E-state index contributed by atoms with van der Waals surface area (Å²) in [6.45, 7) is 9.42. The topological polar surface area (TPSA) is 3.24 Å². The first-order chi connectivity index (χ1) is 5.66. The normalized spacial score (nSPS) is 21.5. The molecule has 1 atom stereocenters. The molecule has 0 amide bonds. The van der Waals surface area contributed by atoms with Crippen LogP contribution in [0.15, 0.2) is 0 Å². The molecule has 0 N–H and O–H groups in total. The van der Waals surface area contributed by atoms with Crippen molar-refractivity contribution in [3.63, 3.8) is 0 Å². The van der Waals surface area contributed by atoms with Crippen LogP contribution < -0.4 is 0 Å². The van der Waals surface area contributed by atoms with E-state index in [-0.39, 0.29) is 0 Å². The van der Waals surface area contributed by atoms with E-state index in [1.54, 1.807) is 12.1 Å². The Labute approximate surface area is 78.8 Å². The van der Waals surface area contributed by atoms with Crippen LogP contribution in [0.5, 0.6) is 0 Å². The monoisotopic (exact) mass is 185 g/mol. The Hall–Kier alpha value is 0.177. The molecule has 1 nitrogen and oxygen atoms in total. The van der Waals surface area contributed by atoms with Crippen molar-refractivity contribution in [2.45, 2.75) is 64.7 Å². The molecule has 2 heteroatoms. The van der Waals surface area contributed by atoms with Gasteiger partial charge in [0, 0.05) is 6.04 Å². The van der Waals surface area contributed by atoms with Crippen molar-refractivity contribution in [2.24, 2.45) is 0 Å². The molecule has 1 aliphatic rings. The Balaban J connectivity index is 2.47. The van der Waals surface area contributed by atoms with Crippen molar-refractivity contribution >= 4 is 8.96 Å². The minimum Gasteiger partial charge on any atom is -0.322 e. The maximum Gasteiger partial charge on any atom is 0.112 e. The number of hydrogen-bond acceptors (Lipinski definition) is 1. The quantitative estimate of drug-likeness (QED) is 0.609. The Morgan fingerprint density at radius 3 is 2.08 bits per heavy atom. The van der Waals surface area contributed by atoms with E-state index in [4.69, 9.17) is 0 Å². The second kappa shape index (κ2) is 4.42. The molecule has 0 aromatic rings. The molecule has 0 bridgehead atoms. The van der Waals surface area contributed by atoms with Crippen LogP contribution in [0.1, 0.15) is 40.5 Å². The van der Waals surface area contributed by atoms with Crippen LogP contribution in [0.25, 0.3) is 0 Å². The molecule has 0 aliphatic carbocycles. The smallest absolute Gasteiger partial charge is 0.112 e. The van der Waals surface area contributed by atoms with Gasteiger partial charge >= 0.3 is 0 Å². The lowest BCUT2D eigenvalue weighted by Crippen LogP contribution is -2.52. The summed E-state index contributed by atoms with van der Waals surface area (Å²) in [5.74, 6) is 0. The first-order valence-electron chi connectivity index (χ1n) is 5.44. The molecule has 0 saturated carbocycles. The summed E-state index contributed by atoms with van der Waals surface area (Å²) in [5, 5.41) is 0. The van der Waals surface area contributed by atoms with Gasteiger partial charge in [0.05, 0.1) is 0 Å². The van der Waals surface area contributed by atoms with Gasteiger partial charge in [0.15, 0.2) is 0 Å². The highest BCUT2D eigenvalue weighted by atomic mass is 28.3. The molecule has 0 spiro atoms. The summed E-state index contributed by atoms with van der Waals surface area (Å²) in [4.78, 5) is 0. The van der Waals surface area contributed by atoms with Crippen molar-refractivity contribution in [3.05, 3.63) is 0 Å². The summed E-state index contributed by atoms with van der Waals surface area (Å²) in [5.41, 5.74) is 0. The molecule has 1 unspecified atom stereocenters.